The summed E-state index contributed by atoms with van der Waals surface area (Å²) >= 11 is 0. The minimum absolute atomic E-state index is 0.0468. The first-order valence-electron chi connectivity index (χ1n) is 10.4. The molecule has 2 heterocycles. The zero-order valence-electron chi connectivity index (χ0n) is 17.4. The Morgan fingerprint density at radius 3 is 2.25 bits per heavy atom. The van der Waals surface area contributed by atoms with Crippen LogP contribution in [-0.2, 0) is 19.7 Å². The number of amides is 2. The number of nitrogens with two attached hydrogens (primary N) is 1. The van der Waals surface area contributed by atoms with E-state index in [-0.39, 0.29) is 23.4 Å². The van der Waals surface area contributed by atoms with Crippen LogP contribution in [0.5, 0.6) is 0 Å². The van der Waals surface area contributed by atoms with Crippen molar-refractivity contribution < 1.29 is 23.1 Å². The molecule has 0 aromatic heterocycles. The number of carbonyl (C=O) groups is 2. The van der Waals surface area contributed by atoms with Gasteiger partial charge in [-0.1, -0.05) is 12.1 Å². The molecule has 0 aliphatic carbocycles. The Morgan fingerprint density at radius 2 is 1.66 bits per heavy atom. The molecule has 2 aromatic carbocycles. The van der Waals surface area contributed by atoms with Crippen molar-refractivity contribution in [2.24, 2.45) is 10.8 Å². The average Bonchev–Trinajstić information content (AvgIpc) is 3.25. The molecule has 0 saturated carbocycles. The predicted octanol–water partition coefficient (Wildman–Crippen LogP) is 2.25. The number of carbonyl (C=O) groups excluding carboxylic acids is 2. The van der Waals surface area contributed by atoms with Crippen molar-refractivity contribution in [3.05, 3.63) is 65.7 Å². The third-order valence-corrected chi connectivity index (χ3v) is 6.09. The van der Waals surface area contributed by atoms with Gasteiger partial charge in [0.1, 0.15) is 23.4 Å². The molecule has 0 radical (unpaired) electrons. The number of nitrogens with one attached hydrogen (secondary N) is 1. The van der Waals surface area contributed by atoms with E-state index in [4.69, 9.17) is 10.5 Å². The van der Waals surface area contributed by atoms with Crippen molar-refractivity contribution in [2.75, 3.05) is 24.8 Å². The van der Waals surface area contributed by atoms with Gasteiger partial charge in [-0.15, -0.1) is 0 Å². The lowest BCUT2D eigenvalue weighted by atomic mass is 9.74. The second-order valence-corrected chi connectivity index (χ2v) is 8.07. The molecule has 168 valence electrons. The minimum Gasteiger partial charge on any atom is -0.381 e. The summed E-state index contributed by atoms with van der Waals surface area (Å²) in [6.45, 7) is 1.39. The van der Waals surface area contributed by atoms with Gasteiger partial charge in [-0.2, -0.15) is 5.10 Å². The van der Waals surface area contributed by atoms with Crippen molar-refractivity contribution in [1.82, 2.24) is 5.32 Å². The SMILES string of the molecule is NC(=O)C1CC(C(=O)NCC2(c3ccc(F)cc3)CCOCC2)=NN1c1ccc(F)cc1. The van der Waals surface area contributed by atoms with E-state index in [9.17, 15) is 18.4 Å². The summed E-state index contributed by atoms with van der Waals surface area (Å²) < 4.78 is 32.2. The van der Waals surface area contributed by atoms with Gasteiger partial charge in [0.25, 0.3) is 5.91 Å². The highest BCUT2D eigenvalue weighted by atomic mass is 19.1. The first-order chi connectivity index (χ1) is 15.4. The number of hydrogen-bond acceptors (Lipinski definition) is 5. The quantitative estimate of drug-likeness (QED) is 0.717. The molecule has 2 aromatic rings. The van der Waals surface area contributed by atoms with Crippen LogP contribution >= 0.6 is 0 Å². The Bertz CT molecular complexity index is 1020. The summed E-state index contributed by atoms with van der Waals surface area (Å²) in [6, 6.07) is 10.9. The second kappa shape index (κ2) is 9.04. The molecule has 2 aliphatic rings. The molecule has 9 heteroatoms. The van der Waals surface area contributed by atoms with E-state index in [0.717, 1.165) is 5.56 Å². The average molecular weight is 442 g/mol. The fourth-order valence-corrected chi connectivity index (χ4v) is 4.19. The summed E-state index contributed by atoms with van der Waals surface area (Å²) in [7, 11) is 0. The number of hydrazone groups is 1. The molecule has 0 bridgehead atoms. The van der Waals surface area contributed by atoms with Crippen LogP contribution in [0.3, 0.4) is 0 Å². The zero-order chi connectivity index (χ0) is 22.7. The second-order valence-electron chi connectivity index (χ2n) is 8.07. The van der Waals surface area contributed by atoms with Gasteiger partial charge in [0.15, 0.2) is 0 Å². The molecular weight excluding hydrogens is 418 g/mol. The van der Waals surface area contributed by atoms with E-state index in [1.54, 1.807) is 12.1 Å². The van der Waals surface area contributed by atoms with Crippen LogP contribution in [0.15, 0.2) is 53.6 Å². The molecule has 2 amide bonds. The van der Waals surface area contributed by atoms with E-state index >= 15 is 0 Å². The monoisotopic (exact) mass is 442 g/mol. The van der Waals surface area contributed by atoms with Crippen molar-refractivity contribution in [2.45, 2.75) is 30.7 Å². The molecule has 1 saturated heterocycles. The number of halogens is 2. The van der Waals surface area contributed by atoms with Crippen LogP contribution < -0.4 is 16.1 Å². The van der Waals surface area contributed by atoms with Crippen LogP contribution in [0.2, 0.25) is 0 Å². The van der Waals surface area contributed by atoms with E-state index < -0.39 is 23.7 Å². The van der Waals surface area contributed by atoms with Crippen molar-refractivity contribution in [3.8, 4) is 0 Å². The number of nitrogens with zero attached hydrogens (tertiary/aromatic N) is 2. The first-order valence-corrected chi connectivity index (χ1v) is 10.4. The Balaban J connectivity index is 1.52. The molecule has 7 nitrogen and oxygen atoms in total. The van der Waals surface area contributed by atoms with Gasteiger partial charge in [-0.05, 0) is 54.8 Å². The number of primary amides is 1. The fraction of sp³-hybridized carbons (Fsp3) is 0.348. The maximum atomic E-state index is 13.4. The Hall–Kier alpha value is -3.33. The largest absolute Gasteiger partial charge is 0.381 e. The lowest BCUT2D eigenvalue weighted by Crippen LogP contribution is -2.46. The number of hydrogen-bond donors (Lipinski definition) is 2. The van der Waals surface area contributed by atoms with Crippen LogP contribution in [0.25, 0.3) is 0 Å². The highest BCUT2D eigenvalue weighted by molar-refractivity contribution is 6.40. The smallest absolute Gasteiger partial charge is 0.267 e. The van der Waals surface area contributed by atoms with Crippen molar-refractivity contribution in [3.63, 3.8) is 0 Å². The van der Waals surface area contributed by atoms with E-state index in [1.807, 2.05) is 0 Å². The zero-order valence-corrected chi connectivity index (χ0v) is 17.4. The lowest BCUT2D eigenvalue weighted by molar-refractivity contribution is -0.119. The summed E-state index contributed by atoms with van der Waals surface area (Å²) in [5.41, 5.74) is 6.68. The minimum atomic E-state index is -0.838. The van der Waals surface area contributed by atoms with Crippen LogP contribution in [0, 0.1) is 11.6 Å². The first kappa shape index (κ1) is 21.9. The maximum absolute atomic E-state index is 13.4. The van der Waals surface area contributed by atoms with E-state index in [2.05, 4.69) is 10.4 Å². The molecular formula is C23H24F2N4O3. The summed E-state index contributed by atoms with van der Waals surface area (Å²) in [5, 5.41) is 8.58. The molecule has 2 aliphatic heterocycles. The molecule has 4 rings (SSSR count). The van der Waals surface area contributed by atoms with Crippen molar-refractivity contribution in [1.29, 1.82) is 0 Å². The molecule has 3 N–H and O–H groups in total. The highest BCUT2D eigenvalue weighted by Gasteiger charge is 2.38. The van der Waals surface area contributed by atoms with Gasteiger partial charge in [-0.3, -0.25) is 14.6 Å². The summed E-state index contributed by atoms with van der Waals surface area (Å²) in [5.74, 6) is -1.78. The van der Waals surface area contributed by atoms with Crippen LogP contribution in [0.1, 0.15) is 24.8 Å². The fourth-order valence-electron chi connectivity index (χ4n) is 4.19. The van der Waals surface area contributed by atoms with Gasteiger partial charge >= 0.3 is 0 Å². The Morgan fingerprint density at radius 1 is 1.06 bits per heavy atom. The standard InChI is InChI=1S/C23H24F2N4O3/c24-16-3-1-15(2-4-16)23(9-11-32-12-10-23)14-27-22(31)19-13-20(21(26)30)29(28-19)18-7-5-17(25)6-8-18/h1-8,20H,9-14H2,(H2,26,30)(H,27,31). The van der Waals surface area contributed by atoms with Gasteiger partial charge in [0.05, 0.1) is 5.69 Å². The number of rotatable bonds is 6. The van der Waals surface area contributed by atoms with Crippen LogP contribution in [-0.4, -0.2) is 43.3 Å². The number of benzene rings is 2. The molecule has 0 spiro atoms. The van der Waals surface area contributed by atoms with Gasteiger partial charge in [0.2, 0.25) is 5.91 Å². The van der Waals surface area contributed by atoms with E-state index in [0.29, 0.717) is 38.3 Å². The molecule has 1 fully saturated rings. The maximum Gasteiger partial charge on any atom is 0.267 e. The normalized spacial score (nSPS) is 20.0. The topological polar surface area (TPSA) is 97.0 Å². The highest BCUT2D eigenvalue weighted by Crippen LogP contribution is 2.34. The molecule has 1 atom stereocenters. The Kier molecular flexibility index (Phi) is 6.18. The molecule has 32 heavy (non-hydrogen) atoms. The predicted molar refractivity (Wildman–Crippen MR) is 115 cm³/mol. The molecule has 1 unspecified atom stereocenters. The summed E-state index contributed by atoms with van der Waals surface area (Å²) in [4.78, 5) is 24.9. The van der Waals surface area contributed by atoms with Gasteiger partial charge < -0.3 is 15.8 Å². The van der Waals surface area contributed by atoms with Crippen LogP contribution in [0.4, 0.5) is 14.5 Å². The van der Waals surface area contributed by atoms with E-state index in [1.165, 1.54) is 41.4 Å². The van der Waals surface area contributed by atoms with Crippen molar-refractivity contribution >= 4 is 23.2 Å². The third-order valence-electron chi connectivity index (χ3n) is 6.09. The van der Waals surface area contributed by atoms with Gasteiger partial charge in [0, 0.05) is 31.6 Å². The third kappa shape index (κ3) is 4.47. The van der Waals surface area contributed by atoms with Gasteiger partial charge in [-0.25, -0.2) is 8.78 Å². The lowest BCUT2D eigenvalue weighted by Gasteiger charge is -2.38. The number of ether oxygens (including phenoxy) is 1. The Labute approximate surface area is 184 Å². The summed E-state index contributed by atoms with van der Waals surface area (Å²) in [6.07, 6.45) is 1.40. The number of anilines is 1.